The number of benzene rings is 3. The van der Waals surface area contributed by atoms with E-state index in [1.165, 1.54) is 4.70 Å². The Balaban J connectivity index is 1.62. The zero-order valence-corrected chi connectivity index (χ0v) is 17.8. The molecule has 0 saturated carbocycles. The highest BCUT2D eigenvalue weighted by atomic mass is 32.1. The maximum Gasteiger partial charge on any atom is 0.195 e. The summed E-state index contributed by atoms with van der Waals surface area (Å²) in [4.78, 5) is 15.5. The summed E-state index contributed by atoms with van der Waals surface area (Å²) in [6.07, 6.45) is 3.69. The highest BCUT2D eigenvalue weighted by molar-refractivity contribution is 7.23. The molecule has 0 saturated heterocycles. The summed E-state index contributed by atoms with van der Waals surface area (Å²) in [7, 11) is 0. The van der Waals surface area contributed by atoms with Crippen molar-refractivity contribution in [3.8, 4) is 22.4 Å². The molecular weight excluding hydrogens is 412 g/mol. The molecule has 32 heavy (non-hydrogen) atoms. The molecule has 4 heterocycles. The Kier molecular flexibility index (Phi) is 3.68. The summed E-state index contributed by atoms with van der Waals surface area (Å²) in [5, 5.41) is 1.08. The quantitative estimate of drug-likeness (QED) is 0.298. The number of imidazole rings is 1. The molecule has 3 aromatic carbocycles. The minimum atomic E-state index is 0.945. The van der Waals surface area contributed by atoms with Gasteiger partial charge in [-0.2, -0.15) is 0 Å². The topological polar surface area (TPSA) is 43.1 Å². The van der Waals surface area contributed by atoms with E-state index in [2.05, 4.69) is 82.2 Å². The fraction of sp³-hybridized carbons (Fsp3) is 0. The Morgan fingerprint density at radius 2 is 1.56 bits per heavy atom. The van der Waals surface area contributed by atoms with E-state index in [0.717, 1.165) is 54.8 Å². The van der Waals surface area contributed by atoms with E-state index in [0.29, 0.717) is 0 Å². The summed E-state index contributed by atoms with van der Waals surface area (Å²) in [6.45, 7) is 0. The van der Waals surface area contributed by atoms with Crippen molar-refractivity contribution in [1.82, 2.24) is 19.4 Å². The van der Waals surface area contributed by atoms with E-state index in [-0.39, 0.29) is 0 Å². The average Bonchev–Trinajstić information content (AvgIpc) is 3.41. The monoisotopic (exact) mass is 428 g/mol. The van der Waals surface area contributed by atoms with Crippen molar-refractivity contribution in [1.29, 1.82) is 0 Å². The molecule has 0 radical (unpaired) electrons. The standard InChI is InChI=1S/C27H16N4S/c1-2-11-21-20(10-1)25-26(31-22-12-3-4-13-23(22)32-27(31)30-25)24(29-21)18-8-5-7-17(15-18)19-9-6-14-28-16-19/h1-16H. The summed E-state index contributed by atoms with van der Waals surface area (Å²) >= 11 is 1.72. The van der Waals surface area contributed by atoms with Gasteiger partial charge in [-0.25, -0.2) is 9.97 Å². The lowest BCUT2D eigenvalue weighted by Crippen LogP contribution is -1.92. The number of fused-ring (bicyclic) bond motifs is 7. The Labute approximate surface area is 187 Å². The third-order valence-electron chi connectivity index (χ3n) is 5.90. The molecule has 0 aliphatic carbocycles. The van der Waals surface area contributed by atoms with Crippen molar-refractivity contribution in [3.05, 3.63) is 97.3 Å². The van der Waals surface area contributed by atoms with Crippen molar-refractivity contribution in [2.75, 3.05) is 0 Å². The molecule has 0 unspecified atom stereocenters. The van der Waals surface area contributed by atoms with Crippen LogP contribution < -0.4 is 0 Å². The molecule has 0 atom stereocenters. The molecule has 0 fully saturated rings. The van der Waals surface area contributed by atoms with Crippen LogP contribution >= 0.6 is 11.3 Å². The number of aromatic nitrogens is 4. The minimum Gasteiger partial charge on any atom is -0.281 e. The van der Waals surface area contributed by atoms with E-state index in [1.54, 1.807) is 17.5 Å². The molecule has 150 valence electrons. The number of para-hydroxylation sites is 2. The van der Waals surface area contributed by atoms with Gasteiger partial charge in [0.2, 0.25) is 0 Å². The van der Waals surface area contributed by atoms with Crippen LogP contribution in [-0.4, -0.2) is 19.4 Å². The second-order valence-electron chi connectivity index (χ2n) is 7.80. The number of pyridine rings is 2. The van der Waals surface area contributed by atoms with E-state index in [4.69, 9.17) is 9.97 Å². The van der Waals surface area contributed by atoms with Gasteiger partial charge in [0.25, 0.3) is 0 Å². The second-order valence-corrected chi connectivity index (χ2v) is 8.81. The molecule has 4 aromatic heterocycles. The molecule has 5 heteroatoms. The van der Waals surface area contributed by atoms with Gasteiger partial charge >= 0.3 is 0 Å². The van der Waals surface area contributed by atoms with E-state index >= 15 is 0 Å². The second kappa shape index (κ2) is 6.70. The van der Waals surface area contributed by atoms with Crippen LogP contribution in [0.5, 0.6) is 0 Å². The molecule has 0 bridgehead atoms. The third-order valence-corrected chi connectivity index (χ3v) is 6.92. The normalized spacial score (nSPS) is 11.8. The van der Waals surface area contributed by atoms with Crippen LogP contribution in [0.25, 0.3) is 59.5 Å². The molecule has 0 aliphatic rings. The lowest BCUT2D eigenvalue weighted by atomic mass is 10.0. The molecule has 0 N–H and O–H groups in total. The van der Waals surface area contributed by atoms with Gasteiger partial charge in [-0.1, -0.05) is 65.9 Å². The summed E-state index contributed by atoms with van der Waals surface area (Å²) in [5.41, 5.74) is 8.39. The number of nitrogens with zero attached hydrogens (tertiary/aromatic N) is 4. The van der Waals surface area contributed by atoms with Crippen LogP contribution in [0.3, 0.4) is 0 Å². The van der Waals surface area contributed by atoms with Crippen LogP contribution in [0.15, 0.2) is 97.3 Å². The average molecular weight is 429 g/mol. The summed E-state index contributed by atoms with van der Waals surface area (Å²) in [5.74, 6) is 0. The largest absolute Gasteiger partial charge is 0.281 e. The number of thiazole rings is 1. The molecule has 0 spiro atoms. The molecule has 4 nitrogen and oxygen atoms in total. The third kappa shape index (κ3) is 2.52. The van der Waals surface area contributed by atoms with Gasteiger partial charge < -0.3 is 0 Å². The molecule has 7 aromatic rings. The molecule has 0 amide bonds. The lowest BCUT2D eigenvalue weighted by molar-refractivity contribution is 1.32. The van der Waals surface area contributed by atoms with Crippen molar-refractivity contribution < 1.29 is 0 Å². The fourth-order valence-corrected chi connectivity index (χ4v) is 5.48. The van der Waals surface area contributed by atoms with Crippen LogP contribution in [0.4, 0.5) is 0 Å². The zero-order valence-electron chi connectivity index (χ0n) is 16.9. The molecule has 0 aliphatic heterocycles. The highest BCUT2D eigenvalue weighted by Crippen LogP contribution is 2.38. The summed E-state index contributed by atoms with van der Waals surface area (Å²) in [6, 6.07) is 29.3. The predicted octanol–water partition coefficient (Wildman–Crippen LogP) is 6.98. The van der Waals surface area contributed by atoms with Crippen molar-refractivity contribution in [2.45, 2.75) is 0 Å². The van der Waals surface area contributed by atoms with Gasteiger partial charge in [0, 0.05) is 28.9 Å². The first-order valence-electron chi connectivity index (χ1n) is 10.5. The van der Waals surface area contributed by atoms with E-state index in [1.807, 2.05) is 18.3 Å². The number of rotatable bonds is 2. The summed E-state index contributed by atoms with van der Waals surface area (Å²) < 4.78 is 3.49. The molecular formula is C27H16N4S. The first kappa shape index (κ1) is 17.6. The van der Waals surface area contributed by atoms with Gasteiger partial charge in [0.15, 0.2) is 4.96 Å². The van der Waals surface area contributed by atoms with Crippen LogP contribution in [0, 0.1) is 0 Å². The van der Waals surface area contributed by atoms with E-state index < -0.39 is 0 Å². The van der Waals surface area contributed by atoms with Crippen molar-refractivity contribution in [3.63, 3.8) is 0 Å². The maximum atomic E-state index is 5.15. The van der Waals surface area contributed by atoms with E-state index in [9.17, 15) is 0 Å². The zero-order chi connectivity index (χ0) is 21.1. The van der Waals surface area contributed by atoms with Gasteiger partial charge in [0.1, 0.15) is 11.0 Å². The van der Waals surface area contributed by atoms with Gasteiger partial charge in [-0.05, 0) is 35.9 Å². The first-order chi connectivity index (χ1) is 15.9. The van der Waals surface area contributed by atoms with Gasteiger partial charge in [0.05, 0.1) is 21.4 Å². The fourth-order valence-electron chi connectivity index (χ4n) is 4.45. The SMILES string of the molecule is c1cncc(-c2cccc(-c3nc4ccccc4c4nc5sc6ccccc6n5c34)c2)c1. The van der Waals surface area contributed by atoms with Crippen LogP contribution in [-0.2, 0) is 0 Å². The number of hydrogen-bond acceptors (Lipinski definition) is 4. The lowest BCUT2D eigenvalue weighted by Gasteiger charge is -2.09. The first-order valence-corrected chi connectivity index (χ1v) is 11.3. The highest BCUT2D eigenvalue weighted by Gasteiger charge is 2.19. The Morgan fingerprint density at radius 3 is 2.50 bits per heavy atom. The predicted molar refractivity (Wildman–Crippen MR) is 132 cm³/mol. The minimum absolute atomic E-state index is 0.945. The van der Waals surface area contributed by atoms with Crippen molar-refractivity contribution >= 4 is 48.5 Å². The van der Waals surface area contributed by atoms with Crippen molar-refractivity contribution in [2.24, 2.45) is 0 Å². The Bertz CT molecular complexity index is 1770. The van der Waals surface area contributed by atoms with Gasteiger partial charge in [-0.3, -0.25) is 9.38 Å². The maximum absolute atomic E-state index is 5.15. The van der Waals surface area contributed by atoms with Gasteiger partial charge in [-0.15, -0.1) is 0 Å². The number of hydrogen-bond donors (Lipinski definition) is 0. The van der Waals surface area contributed by atoms with Crippen LogP contribution in [0.2, 0.25) is 0 Å². The van der Waals surface area contributed by atoms with Crippen LogP contribution in [0.1, 0.15) is 0 Å². The Hall–Kier alpha value is -4.09. The Morgan fingerprint density at radius 1 is 0.719 bits per heavy atom. The molecule has 7 rings (SSSR count). The smallest absolute Gasteiger partial charge is 0.195 e.